The Morgan fingerprint density at radius 3 is 2.46 bits per heavy atom. The predicted molar refractivity (Wildman–Crippen MR) is 56.7 cm³/mol. The average molecular weight is 197 g/mol. The van der Waals surface area contributed by atoms with E-state index in [0.29, 0.717) is 6.42 Å². The fraction of sp³-hybridized carbons (Fsp3) is 0.889. The van der Waals surface area contributed by atoms with E-state index < -0.39 is 8.24 Å². The second kappa shape index (κ2) is 4.23. The molecule has 0 aromatic rings. The van der Waals surface area contributed by atoms with Gasteiger partial charge in [-0.2, -0.15) is 5.26 Å². The molecule has 1 rings (SSSR count). The summed E-state index contributed by atoms with van der Waals surface area (Å²) in [5.41, 5.74) is 0. The third kappa shape index (κ3) is 3.11. The van der Waals surface area contributed by atoms with Gasteiger partial charge in [-0.15, -0.1) is 0 Å². The van der Waals surface area contributed by atoms with Gasteiger partial charge in [0.15, 0.2) is 0 Å². The maximum atomic E-state index is 8.47. The molecule has 0 unspecified atom stereocenters. The molecule has 13 heavy (non-hydrogen) atoms. The molecule has 4 heteroatoms. The second-order valence-corrected chi connectivity index (χ2v) is 9.58. The summed E-state index contributed by atoms with van der Waals surface area (Å²) in [5, 5.41) is 8.47. The molecular formula is C9H19N3Si. The van der Waals surface area contributed by atoms with Gasteiger partial charge in [-0.3, -0.25) is 4.90 Å². The molecule has 1 aliphatic heterocycles. The lowest BCUT2D eigenvalue weighted by Crippen LogP contribution is -2.45. The van der Waals surface area contributed by atoms with E-state index in [1.54, 1.807) is 0 Å². The molecule has 0 atom stereocenters. The summed E-state index contributed by atoms with van der Waals surface area (Å²) in [7, 11) is -1.10. The monoisotopic (exact) mass is 197 g/mol. The molecule has 0 amide bonds. The summed E-state index contributed by atoms with van der Waals surface area (Å²) in [6.45, 7) is 11.5. The van der Waals surface area contributed by atoms with Gasteiger partial charge < -0.3 is 4.57 Å². The Hall–Kier alpha value is -0.373. The van der Waals surface area contributed by atoms with Crippen molar-refractivity contribution in [1.82, 2.24) is 9.47 Å². The largest absolute Gasteiger partial charge is 0.311 e. The van der Waals surface area contributed by atoms with Crippen molar-refractivity contribution in [3.63, 3.8) is 0 Å². The van der Waals surface area contributed by atoms with Crippen LogP contribution in [0.15, 0.2) is 0 Å². The van der Waals surface area contributed by atoms with E-state index in [4.69, 9.17) is 5.26 Å². The lowest BCUT2D eigenvalue weighted by atomic mass is 10.4. The normalized spacial score (nSPS) is 20.5. The van der Waals surface area contributed by atoms with Crippen LogP contribution in [-0.4, -0.2) is 44.0 Å². The van der Waals surface area contributed by atoms with Crippen molar-refractivity contribution in [2.75, 3.05) is 26.3 Å². The Balaban J connectivity index is 2.33. The van der Waals surface area contributed by atoms with Crippen molar-refractivity contribution in [2.45, 2.75) is 26.1 Å². The Bertz CT molecular complexity index is 204. The summed E-state index contributed by atoms with van der Waals surface area (Å²) in [6.07, 6.45) is 0.666. The standard InChI is InChI=1S/C9H19N3Si/c1-13(2,3)12-8-7-11(9-12)6-4-5-10/h4,6-9H2,1-3H3. The van der Waals surface area contributed by atoms with Gasteiger partial charge in [0.2, 0.25) is 0 Å². The molecule has 0 aromatic carbocycles. The molecule has 0 saturated carbocycles. The lowest BCUT2D eigenvalue weighted by Gasteiger charge is -2.29. The fourth-order valence-corrected chi connectivity index (χ4v) is 2.98. The number of hydrogen-bond donors (Lipinski definition) is 0. The summed E-state index contributed by atoms with van der Waals surface area (Å²) >= 11 is 0. The van der Waals surface area contributed by atoms with Crippen LogP contribution in [0.2, 0.25) is 19.6 Å². The first kappa shape index (κ1) is 10.7. The Kier molecular flexibility index (Phi) is 3.48. The van der Waals surface area contributed by atoms with Gasteiger partial charge in [0, 0.05) is 32.7 Å². The molecule has 74 valence electrons. The molecule has 0 aromatic heterocycles. The van der Waals surface area contributed by atoms with Crippen LogP contribution >= 0.6 is 0 Å². The average Bonchev–Trinajstić information content (AvgIpc) is 2.47. The first-order valence-electron chi connectivity index (χ1n) is 4.88. The zero-order valence-electron chi connectivity index (χ0n) is 8.88. The summed E-state index contributed by atoms with van der Waals surface area (Å²) in [5.74, 6) is 0. The zero-order valence-corrected chi connectivity index (χ0v) is 9.88. The summed E-state index contributed by atoms with van der Waals surface area (Å²) in [6, 6.07) is 2.20. The maximum Gasteiger partial charge on any atom is 0.120 e. The van der Waals surface area contributed by atoms with Crippen LogP contribution in [0.5, 0.6) is 0 Å². The van der Waals surface area contributed by atoms with Gasteiger partial charge in [0.1, 0.15) is 8.24 Å². The SMILES string of the molecule is C[Si](C)(C)N1CCN(CCC#N)C1. The molecular weight excluding hydrogens is 178 g/mol. The highest BCUT2D eigenvalue weighted by atomic mass is 28.3. The molecule has 3 nitrogen and oxygen atoms in total. The van der Waals surface area contributed by atoms with E-state index in [0.717, 1.165) is 19.8 Å². The highest BCUT2D eigenvalue weighted by molar-refractivity contribution is 6.73. The van der Waals surface area contributed by atoms with E-state index in [1.165, 1.54) is 6.54 Å². The third-order valence-electron chi connectivity index (χ3n) is 2.55. The highest BCUT2D eigenvalue weighted by Crippen LogP contribution is 2.15. The van der Waals surface area contributed by atoms with Crippen LogP contribution in [0.1, 0.15) is 6.42 Å². The van der Waals surface area contributed by atoms with E-state index in [-0.39, 0.29) is 0 Å². The second-order valence-electron chi connectivity index (χ2n) is 4.60. The molecule has 1 heterocycles. The van der Waals surface area contributed by atoms with Crippen molar-refractivity contribution < 1.29 is 0 Å². The maximum absolute atomic E-state index is 8.47. The minimum Gasteiger partial charge on any atom is -0.311 e. The van der Waals surface area contributed by atoms with Gasteiger partial charge in [-0.05, 0) is 0 Å². The zero-order chi connectivity index (χ0) is 9.90. The minimum atomic E-state index is -1.10. The van der Waals surface area contributed by atoms with Crippen LogP contribution in [0.4, 0.5) is 0 Å². The van der Waals surface area contributed by atoms with Crippen molar-refractivity contribution in [3.8, 4) is 6.07 Å². The molecule has 0 spiro atoms. The minimum absolute atomic E-state index is 0.666. The Labute approximate surface area is 82.0 Å². The quantitative estimate of drug-likeness (QED) is 0.639. The smallest absolute Gasteiger partial charge is 0.120 e. The number of hydrogen-bond acceptors (Lipinski definition) is 3. The molecule has 1 aliphatic rings. The number of nitriles is 1. The van der Waals surface area contributed by atoms with E-state index in [1.807, 2.05) is 0 Å². The first-order valence-corrected chi connectivity index (χ1v) is 8.33. The predicted octanol–water partition coefficient (Wildman–Crippen LogP) is 1.31. The van der Waals surface area contributed by atoms with Gasteiger partial charge in [-0.25, -0.2) is 0 Å². The van der Waals surface area contributed by atoms with Crippen molar-refractivity contribution in [2.24, 2.45) is 0 Å². The van der Waals surface area contributed by atoms with E-state index in [9.17, 15) is 0 Å². The van der Waals surface area contributed by atoms with E-state index in [2.05, 4.69) is 35.2 Å². The van der Waals surface area contributed by atoms with Crippen molar-refractivity contribution in [3.05, 3.63) is 0 Å². The molecule has 0 bridgehead atoms. The number of rotatable bonds is 3. The summed E-state index contributed by atoms with van der Waals surface area (Å²) in [4.78, 5) is 2.38. The molecule has 0 radical (unpaired) electrons. The molecule has 0 aliphatic carbocycles. The van der Waals surface area contributed by atoms with Crippen molar-refractivity contribution in [1.29, 1.82) is 5.26 Å². The Morgan fingerprint density at radius 1 is 1.31 bits per heavy atom. The fourth-order valence-electron chi connectivity index (χ4n) is 1.58. The van der Waals surface area contributed by atoms with Crippen LogP contribution in [-0.2, 0) is 0 Å². The highest BCUT2D eigenvalue weighted by Gasteiger charge is 2.29. The molecule has 0 N–H and O–H groups in total. The number of nitrogens with zero attached hydrogens (tertiary/aromatic N) is 3. The molecule has 1 fully saturated rings. The van der Waals surface area contributed by atoms with Crippen LogP contribution < -0.4 is 0 Å². The van der Waals surface area contributed by atoms with Crippen LogP contribution in [0.3, 0.4) is 0 Å². The van der Waals surface area contributed by atoms with Gasteiger partial charge in [0.05, 0.1) is 6.07 Å². The van der Waals surface area contributed by atoms with E-state index >= 15 is 0 Å². The third-order valence-corrected chi connectivity index (χ3v) is 4.81. The van der Waals surface area contributed by atoms with Gasteiger partial charge in [0.25, 0.3) is 0 Å². The van der Waals surface area contributed by atoms with Crippen LogP contribution in [0.25, 0.3) is 0 Å². The van der Waals surface area contributed by atoms with Crippen LogP contribution in [0, 0.1) is 11.3 Å². The topological polar surface area (TPSA) is 30.3 Å². The van der Waals surface area contributed by atoms with Gasteiger partial charge in [-0.1, -0.05) is 19.6 Å². The summed E-state index contributed by atoms with van der Waals surface area (Å²) < 4.78 is 2.59. The lowest BCUT2D eigenvalue weighted by molar-refractivity contribution is 0.308. The Morgan fingerprint density at radius 2 is 2.00 bits per heavy atom. The molecule has 1 saturated heterocycles. The first-order chi connectivity index (χ1) is 6.04. The van der Waals surface area contributed by atoms with Gasteiger partial charge >= 0.3 is 0 Å². The van der Waals surface area contributed by atoms with Crippen molar-refractivity contribution >= 4 is 8.24 Å².